The zero-order valence-electron chi connectivity index (χ0n) is 14.0. The molecule has 2 heterocycles. The van der Waals surface area contributed by atoms with Gasteiger partial charge in [0.15, 0.2) is 0 Å². The summed E-state index contributed by atoms with van der Waals surface area (Å²) in [6.45, 7) is 2.75. The van der Waals surface area contributed by atoms with Crippen molar-refractivity contribution in [3.05, 3.63) is 45.9 Å². The third kappa shape index (κ3) is 3.68. The summed E-state index contributed by atoms with van der Waals surface area (Å²) in [5.41, 5.74) is 1.65. The van der Waals surface area contributed by atoms with Crippen LogP contribution in [0.15, 0.2) is 34.7 Å². The first-order valence-corrected chi connectivity index (χ1v) is 10.3. The van der Waals surface area contributed by atoms with Crippen LogP contribution in [-0.2, 0) is 23.0 Å². The summed E-state index contributed by atoms with van der Waals surface area (Å²) < 4.78 is 26.7. The Bertz CT molecular complexity index is 866. The van der Waals surface area contributed by atoms with Crippen molar-refractivity contribution in [3.8, 4) is 0 Å². The largest absolute Gasteiger partial charge is 0.329 e. The molecule has 0 radical (unpaired) electrons. The van der Waals surface area contributed by atoms with Crippen LogP contribution in [0, 0.1) is 0 Å². The molecule has 2 aromatic rings. The lowest BCUT2D eigenvalue weighted by atomic mass is 10.00. The molecule has 2 amide bonds. The molecule has 3 rings (SSSR count). The number of hydrogen-bond donors (Lipinski definition) is 2. The predicted molar refractivity (Wildman–Crippen MR) is 95.9 cm³/mol. The van der Waals surface area contributed by atoms with Gasteiger partial charge in [0.1, 0.15) is 5.01 Å². The van der Waals surface area contributed by atoms with E-state index in [1.54, 1.807) is 23.2 Å². The number of carbonyl (C=O) groups is 1. The molecular weight excluding hydrogens is 360 g/mol. The van der Waals surface area contributed by atoms with E-state index in [9.17, 15) is 13.2 Å². The van der Waals surface area contributed by atoms with Crippen LogP contribution >= 0.6 is 11.3 Å². The van der Waals surface area contributed by atoms with E-state index in [4.69, 9.17) is 0 Å². The summed E-state index contributed by atoms with van der Waals surface area (Å²) in [7, 11) is -2.10. The van der Waals surface area contributed by atoms with Crippen molar-refractivity contribution >= 4 is 27.4 Å². The third-order valence-electron chi connectivity index (χ3n) is 4.23. The molecule has 0 unspecified atom stereocenters. The molecule has 134 valence electrons. The Morgan fingerprint density at radius 2 is 2.20 bits per heavy atom. The van der Waals surface area contributed by atoms with E-state index in [0.29, 0.717) is 24.4 Å². The Labute approximate surface area is 151 Å². The second-order valence-electron chi connectivity index (χ2n) is 5.81. The minimum absolute atomic E-state index is 0.162. The third-order valence-corrected chi connectivity index (χ3v) is 6.69. The second kappa shape index (κ2) is 7.11. The monoisotopic (exact) mass is 380 g/mol. The van der Waals surface area contributed by atoms with Crippen molar-refractivity contribution in [1.29, 1.82) is 0 Å². The van der Waals surface area contributed by atoms with Crippen LogP contribution in [0.25, 0.3) is 0 Å². The summed E-state index contributed by atoms with van der Waals surface area (Å²) in [6.07, 6.45) is 2.22. The number of urea groups is 1. The van der Waals surface area contributed by atoms with Gasteiger partial charge in [-0.1, -0.05) is 12.1 Å². The Hall–Kier alpha value is -1.97. The SMILES string of the molecule is CNS(=O)(=O)c1cccc2c1CCN(C(=O)N[C@@H](C)c1nccs1)C2. The van der Waals surface area contributed by atoms with Gasteiger partial charge in [-0.3, -0.25) is 0 Å². The van der Waals surface area contributed by atoms with Gasteiger partial charge in [0, 0.05) is 24.7 Å². The van der Waals surface area contributed by atoms with Crippen LogP contribution < -0.4 is 10.0 Å². The molecule has 1 aromatic carbocycles. The van der Waals surface area contributed by atoms with E-state index in [1.165, 1.54) is 18.4 Å². The lowest BCUT2D eigenvalue weighted by Gasteiger charge is -2.30. The van der Waals surface area contributed by atoms with E-state index in [-0.39, 0.29) is 12.1 Å². The number of nitrogens with one attached hydrogen (secondary N) is 2. The maximum absolute atomic E-state index is 12.5. The zero-order chi connectivity index (χ0) is 18.0. The topological polar surface area (TPSA) is 91.4 Å². The first-order valence-electron chi connectivity index (χ1n) is 7.91. The smallest absolute Gasteiger partial charge is 0.318 e. The molecule has 2 N–H and O–H groups in total. The van der Waals surface area contributed by atoms with Crippen molar-refractivity contribution in [1.82, 2.24) is 19.9 Å². The lowest BCUT2D eigenvalue weighted by molar-refractivity contribution is 0.189. The normalized spacial score (nSPS) is 15.5. The summed E-state index contributed by atoms with van der Waals surface area (Å²) in [4.78, 5) is 18.7. The van der Waals surface area contributed by atoms with Gasteiger partial charge in [0.05, 0.1) is 10.9 Å². The molecule has 0 saturated carbocycles. The van der Waals surface area contributed by atoms with Crippen LogP contribution in [0.4, 0.5) is 4.79 Å². The van der Waals surface area contributed by atoms with Crippen LogP contribution in [0.1, 0.15) is 29.1 Å². The fraction of sp³-hybridized carbons (Fsp3) is 0.375. The molecule has 1 aliphatic heterocycles. The van der Waals surface area contributed by atoms with Gasteiger partial charge in [0.25, 0.3) is 0 Å². The molecular formula is C16H20N4O3S2. The number of hydrogen-bond acceptors (Lipinski definition) is 5. The lowest BCUT2D eigenvalue weighted by Crippen LogP contribution is -2.43. The Morgan fingerprint density at radius 3 is 2.88 bits per heavy atom. The molecule has 0 bridgehead atoms. The molecule has 0 fully saturated rings. The highest BCUT2D eigenvalue weighted by Gasteiger charge is 2.27. The standard InChI is InChI=1S/C16H20N4O3S2/c1-11(15-18-7-9-24-15)19-16(21)20-8-6-13-12(10-20)4-3-5-14(13)25(22,23)17-2/h3-5,7,9,11,17H,6,8,10H2,1-2H3,(H,19,21)/t11-/m0/s1. The van der Waals surface area contributed by atoms with Gasteiger partial charge in [-0.25, -0.2) is 22.9 Å². The van der Waals surface area contributed by atoms with Crippen molar-refractivity contribution in [3.63, 3.8) is 0 Å². The summed E-state index contributed by atoms with van der Waals surface area (Å²) >= 11 is 1.50. The number of rotatable bonds is 4. The van der Waals surface area contributed by atoms with Gasteiger partial charge in [0.2, 0.25) is 10.0 Å². The fourth-order valence-corrected chi connectivity index (χ4v) is 4.58. The van der Waals surface area contributed by atoms with Crippen LogP contribution in [0.3, 0.4) is 0 Å². The Morgan fingerprint density at radius 1 is 1.40 bits per heavy atom. The molecule has 1 aromatic heterocycles. The molecule has 9 heteroatoms. The summed E-state index contributed by atoms with van der Waals surface area (Å²) in [5.74, 6) is 0. The average Bonchev–Trinajstić information content (AvgIpc) is 3.15. The number of aromatic nitrogens is 1. The average molecular weight is 380 g/mol. The number of fused-ring (bicyclic) bond motifs is 1. The predicted octanol–water partition coefficient (Wildman–Crippen LogP) is 1.88. The highest BCUT2D eigenvalue weighted by Crippen LogP contribution is 2.26. The molecule has 1 aliphatic rings. The fourth-order valence-electron chi connectivity index (χ4n) is 2.90. The Kier molecular flexibility index (Phi) is 5.07. The first-order chi connectivity index (χ1) is 11.9. The minimum Gasteiger partial charge on any atom is -0.329 e. The number of thiazole rings is 1. The highest BCUT2D eigenvalue weighted by molar-refractivity contribution is 7.89. The molecule has 25 heavy (non-hydrogen) atoms. The summed E-state index contributed by atoms with van der Waals surface area (Å²) in [5, 5.41) is 5.67. The van der Waals surface area contributed by atoms with Crippen molar-refractivity contribution in [2.45, 2.75) is 30.8 Å². The van der Waals surface area contributed by atoms with Gasteiger partial charge in [-0.05, 0) is 37.6 Å². The molecule has 7 nitrogen and oxygen atoms in total. The number of benzene rings is 1. The summed E-state index contributed by atoms with van der Waals surface area (Å²) in [6, 6.07) is 4.85. The number of carbonyl (C=O) groups excluding carboxylic acids is 1. The van der Waals surface area contributed by atoms with Gasteiger partial charge in [-0.15, -0.1) is 11.3 Å². The quantitative estimate of drug-likeness (QED) is 0.847. The second-order valence-corrected chi connectivity index (χ2v) is 8.60. The van der Waals surface area contributed by atoms with Gasteiger partial charge in [-0.2, -0.15) is 0 Å². The maximum Gasteiger partial charge on any atom is 0.318 e. The highest BCUT2D eigenvalue weighted by atomic mass is 32.2. The van der Waals surface area contributed by atoms with E-state index in [1.807, 2.05) is 18.4 Å². The van der Waals surface area contributed by atoms with Crippen molar-refractivity contribution in [2.75, 3.05) is 13.6 Å². The number of sulfonamides is 1. The molecule has 0 aliphatic carbocycles. The number of nitrogens with zero attached hydrogens (tertiary/aromatic N) is 2. The van der Waals surface area contributed by atoms with Gasteiger partial charge >= 0.3 is 6.03 Å². The molecule has 1 atom stereocenters. The van der Waals surface area contributed by atoms with Crippen molar-refractivity contribution < 1.29 is 13.2 Å². The van der Waals surface area contributed by atoms with E-state index in [0.717, 1.165) is 16.1 Å². The number of amides is 2. The van der Waals surface area contributed by atoms with Crippen LogP contribution in [0.2, 0.25) is 0 Å². The van der Waals surface area contributed by atoms with Crippen molar-refractivity contribution in [2.24, 2.45) is 0 Å². The van der Waals surface area contributed by atoms with Gasteiger partial charge < -0.3 is 10.2 Å². The zero-order valence-corrected chi connectivity index (χ0v) is 15.7. The minimum atomic E-state index is -3.50. The Balaban J connectivity index is 1.75. The first kappa shape index (κ1) is 17.8. The van der Waals surface area contributed by atoms with E-state index >= 15 is 0 Å². The maximum atomic E-state index is 12.5. The van der Waals surface area contributed by atoms with E-state index < -0.39 is 10.0 Å². The molecule has 0 saturated heterocycles. The van der Waals surface area contributed by atoms with Crippen LogP contribution in [0.5, 0.6) is 0 Å². The molecule has 0 spiro atoms. The van der Waals surface area contributed by atoms with Crippen LogP contribution in [-0.4, -0.2) is 37.9 Å². The van der Waals surface area contributed by atoms with E-state index in [2.05, 4.69) is 15.0 Å².